The van der Waals surface area contributed by atoms with E-state index in [2.05, 4.69) is 17.2 Å². The van der Waals surface area contributed by atoms with Crippen LogP contribution >= 0.6 is 11.6 Å². The Morgan fingerprint density at radius 1 is 1.53 bits per heavy atom. The molecule has 0 aliphatic heterocycles. The Labute approximate surface area is 107 Å². The summed E-state index contributed by atoms with van der Waals surface area (Å²) in [5.41, 5.74) is 0.636. The van der Waals surface area contributed by atoms with Crippen LogP contribution < -0.4 is 10.6 Å². The first-order chi connectivity index (χ1) is 8.13. The van der Waals surface area contributed by atoms with Crippen molar-refractivity contribution in [1.29, 1.82) is 0 Å². The van der Waals surface area contributed by atoms with Crippen LogP contribution in [0.1, 0.15) is 13.3 Å². The molecule has 0 heterocycles. The molecule has 2 N–H and O–H groups in total. The number of carbonyl (C=O) groups excluding carboxylic acids is 1. The second-order valence-electron chi connectivity index (χ2n) is 3.83. The summed E-state index contributed by atoms with van der Waals surface area (Å²) >= 11 is 5.93. The Bertz CT molecular complexity index is 393. The number of hydrogen-bond acceptors (Lipinski definition) is 2. The average Bonchev–Trinajstić information content (AvgIpc) is 2.30. The van der Waals surface area contributed by atoms with Gasteiger partial charge >= 0.3 is 0 Å². The summed E-state index contributed by atoms with van der Waals surface area (Å²) in [6.07, 6.45) is 2.66. The van der Waals surface area contributed by atoms with E-state index in [0.29, 0.717) is 10.7 Å². The smallest absolute Gasteiger partial charge is 0.238 e. The number of anilines is 1. The first-order valence-electron chi connectivity index (χ1n) is 5.52. The fourth-order valence-electron chi connectivity index (χ4n) is 1.36. The highest BCUT2D eigenvalue weighted by Gasteiger charge is 2.06. The maximum atomic E-state index is 11.6. The van der Waals surface area contributed by atoms with Crippen LogP contribution in [0.4, 0.5) is 5.69 Å². The molecule has 1 aromatic carbocycles. The molecule has 1 amide bonds. The predicted molar refractivity (Wildman–Crippen MR) is 72.4 cm³/mol. The van der Waals surface area contributed by atoms with Crippen LogP contribution in [0.3, 0.4) is 0 Å². The minimum atomic E-state index is -0.103. The number of hydrogen-bond donors (Lipinski definition) is 2. The van der Waals surface area contributed by atoms with Crippen molar-refractivity contribution in [3.8, 4) is 0 Å². The van der Waals surface area contributed by atoms with Gasteiger partial charge in [-0.15, -0.1) is 6.58 Å². The third kappa shape index (κ3) is 5.02. The van der Waals surface area contributed by atoms with Crippen molar-refractivity contribution >= 4 is 23.2 Å². The summed E-state index contributed by atoms with van der Waals surface area (Å²) < 4.78 is 0. The highest BCUT2D eigenvalue weighted by atomic mass is 35.5. The molecule has 0 saturated heterocycles. The summed E-state index contributed by atoms with van der Waals surface area (Å²) in [4.78, 5) is 11.6. The molecule has 0 aromatic heterocycles. The van der Waals surface area contributed by atoms with Crippen molar-refractivity contribution in [3.05, 3.63) is 41.9 Å². The summed E-state index contributed by atoms with van der Waals surface area (Å²) in [6, 6.07) is 7.40. The van der Waals surface area contributed by atoms with Gasteiger partial charge in [0, 0.05) is 6.04 Å². The number of carbonyl (C=O) groups is 1. The Hall–Kier alpha value is -1.32. The van der Waals surface area contributed by atoms with Crippen molar-refractivity contribution in [3.63, 3.8) is 0 Å². The van der Waals surface area contributed by atoms with Gasteiger partial charge in [0.05, 0.1) is 17.3 Å². The van der Waals surface area contributed by atoms with E-state index < -0.39 is 0 Å². The lowest BCUT2D eigenvalue weighted by molar-refractivity contribution is -0.115. The fraction of sp³-hybridized carbons (Fsp3) is 0.308. The van der Waals surface area contributed by atoms with Gasteiger partial charge in [-0.3, -0.25) is 4.79 Å². The number of rotatable bonds is 6. The first-order valence-corrected chi connectivity index (χ1v) is 5.90. The van der Waals surface area contributed by atoms with Crippen molar-refractivity contribution < 1.29 is 4.79 Å². The Kier molecular flexibility index (Phi) is 5.73. The zero-order valence-electron chi connectivity index (χ0n) is 9.87. The van der Waals surface area contributed by atoms with Gasteiger partial charge in [0.1, 0.15) is 0 Å². The largest absolute Gasteiger partial charge is 0.324 e. The minimum Gasteiger partial charge on any atom is -0.324 e. The van der Waals surface area contributed by atoms with Gasteiger partial charge in [0.25, 0.3) is 0 Å². The lowest BCUT2D eigenvalue weighted by atomic mass is 10.2. The summed E-state index contributed by atoms with van der Waals surface area (Å²) in [5.74, 6) is -0.103. The molecule has 0 saturated carbocycles. The quantitative estimate of drug-likeness (QED) is 0.765. The molecule has 17 heavy (non-hydrogen) atoms. The second-order valence-corrected chi connectivity index (χ2v) is 4.24. The Morgan fingerprint density at radius 2 is 2.24 bits per heavy atom. The number of amides is 1. The molecule has 92 valence electrons. The molecular weight excluding hydrogens is 236 g/mol. The van der Waals surface area contributed by atoms with Crippen molar-refractivity contribution in [1.82, 2.24) is 5.32 Å². The van der Waals surface area contributed by atoms with Crippen molar-refractivity contribution in [2.45, 2.75) is 19.4 Å². The van der Waals surface area contributed by atoms with Gasteiger partial charge in [-0.1, -0.05) is 29.8 Å². The number of benzene rings is 1. The van der Waals surface area contributed by atoms with E-state index in [1.807, 2.05) is 25.1 Å². The van der Waals surface area contributed by atoms with Gasteiger partial charge in [0.15, 0.2) is 0 Å². The van der Waals surface area contributed by atoms with Crippen LogP contribution in [0, 0.1) is 0 Å². The standard InChI is InChI=1S/C13H17ClN2O/c1-3-6-10(2)15-9-13(17)16-12-8-5-4-7-11(12)14/h3-5,7-8,10,15H,1,6,9H2,2H3,(H,16,17). The van der Waals surface area contributed by atoms with Gasteiger partial charge < -0.3 is 10.6 Å². The van der Waals surface area contributed by atoms with E-state index in [1.165, 1.54) is 0 Å². The predicted octanol–water partition coefficient (Wildman–Crippen LogP) is 2.83. The SMILES string of the molecule is C=CCC(C)NCC(=O)Nc1ccccc1Cl. The van der Waals surface area contributed by atoms with Gasteiger partial charge in [-0.05, 0) is 25.5 Å². The van der Waals surface area contributed by atoms with E-state index in [4.69, 9.17) is 11.6 Å². The van der Waals surface area contributed by atoms with Crippen LogP contribution in [0.5, 0.6) is 0 Å². The number of halogens is 1. The van der Waals surface area contributed by atoms with E-state index in [-0.39, 0.29) is 18.5 Å². The monoisotopic (exact) mass is 252 g/mol. The van der Waals surface area contributed by atoms with Crippen LogP contribution in [0.25, 0.3) is 0 Å². The molecule has 1 aromatic rings. The van der Waals surface area contributed by atoms with E-state index >= 15 is 0 Å². The van der Waals surface area contributed by atoms with Crippen LogP contribution in [0.2, 0.25) is 5.02 Å². The van der Waals surface area contributed by atoms with Crippen molar-refractivity contribution in [2.24, 2.45) is 0 Å². The Balaban J connectivity index is 2.40. The molecule has 0 aliphatic rings. The topological polar surface area (TPSA) is 41.1 Å². The average molecular weight is 253 g/mol. The minimum absolute atomic E-state index is 0.103. The molecule has 1 atom stereocenters. The van der Waals surface area contributed by atoms with Gasteiger partial charge in [-0.2, -0.15) is 0 Å². The lowest BCUT2D eigenvalue weighted by Gasteiger charge is -2.12. The molecule has 1 rings (SSSR count). The molecule has 4 heteroatoms. The third-order valence-corrected chi connectivity index (χ3v) is 2.61. The van der Waals surface area contributed by atoms with Crippen LogP contribution in [-0.2, 0) is 4.79 Å². The van der Waals surface area contributed by atoms with E-state index in [1.54, 1.807) is 12.1 Å². The van der Waals surface area contributed by atoms with Crippen molar-refractivity contribution in [2.75, 3.05) is 11.9 Å². The summed E-state index contributed by atoms with van der Waals surface area (Å²) in [7, 11) is 0. The lowest BCUT2D eigenvalue weighted by Crippen LogP contribution is -2.34. The van der Waals surface area contributed by atoms with Gasteiger partial charge in [-0.25, -0.2) is 0 Å². The molecule has 0 spiro atoms. The Morgan fingerprint density at radius 3 is 2.88 bits per heavy atom. The number of nitrogens with one attached hydrogen (secondary N) is 2. The zero-order chi connectivity index (χ0) is 12.7. The van der Waals surface area contributed by atoms with E-state index in [9.17, 15) is 4.79 Å². The molecule has 0 bridgehead atoms. The zero-order valence-corrected chi connectivity index (χ0v) is 10.6. The summed E-state index contributed by atoms with van der Waals surface area (Å²) in [6.45, 7) is 5.92. The fourth-order valence-corrected chi connectivity index (χ4v) is 1.54. The molecule has 1 unspecified atom stereocenters. The molecule has 0 fully saturated rings. The molecule has 0 aliphatic carbocycles. The van der Waals surface area contributed by atoms with Crippen LogP contribution in [0.15, 0.2) is 36.9 Å². The highest BCUT2D eigenvalue weighted by molar-refractivity contribution is 6.33. The van der Waals surface area contributed by atoms with E-state index in [0.717, 1.165) is 6.42 Å². The highest BCUT2D eigenvalue weighted by Crippen LogP contribution is 2.19. The van der Waals surface area contributed by atoms with Gasteiger partial charge in [0.2, 0.25) is 5.91 Å². The van der Waals surface area contributed by atoms with Crippen LogP contribution in [-0.4, -0.2) is 18.5 Å². The maximum absolute atomic E-state index is 11.6. The summed E-state index contributed by atoms with van der Waals surface area (Å²) in [5, 5.41) is 6.39. The molecule has 3 nitrogen and oxygen atoms in total. The molecular formula is C13H17ClN2O. The molecule has 0 radical (unpaired) electrons. The normalized spacial score (nSPS) is 11.9. The second kappa shape index (κ2) is 7.09. The third-order valence-electron chi connectivity index (χ3n) is 2.28. The number of para-hydroxylation sites is 1. The maximum Gasteiger partial charge on any atom is 0.238 e. The first kappa shape index (κ1) is 13.7.